The van der Waals surface area contributed by atoms with Crippen LogP contribution in [0.5, 0.6) is 5.75 Å². The third-order valence-corrected chi connectivity index (χ3v) is 1.81. The number of carbonyl (C=O) groups excluding carboxylic acids is 1. The maximum absolute atomic E-state index is 12.4. The molecule has 17 heavy (non-hydrogen) atoms. The molecule has 0 atom stereocenters. The third-order valence-electron chi connectivity index (χ3n) is 1.55. The van der Waals surface area contributed by atoms with Gasteiger partial charge in [0.2, 0.25) is 0 Å². The van der Waals surface area contributed by atoms with Gasteiger partial charge >= 0.3 is 6.36 Å². The molecule has 0 saturated heterocycles. The normalized spacial score (nSPS) is 11.7. The highest BCUT2D eigenvalue weighted by molar-refractivity contribution is 6.31. The molecule has 1 heterocycles. The number of hydrogen-bond acceptors (Lipinski definition) is 3. The zero-order chi connectivity index (χ0) is 13.2. The average molecular weight is 276 g/mol. The number of carbonyl (C=O) groups is 1. The highest BCUT2D eigenvalue weighted by Gasteiger charge is 2.35. The Hall–Kier alpha value is -1.44. The first kappa shape index (κ1) is 13.6. The van der Waals surface area contributed by atoms with Crippen molar-refractivity contribution in [3.63, 3.8) is 0 Å². The molecular formula is C8H3ClF5NO2. The molecule has 0 N–H and O–H groups in total. The zero-order valence-electron chi connectivity index (χ0n) is 7.76. The lowest BCUT2D eigenvalue weighted by molar-refractivity contribution is -0.275. The van der Waals surface area contributed by atoms with Gasteiger partial charge < -0.3 is 4.74 Å². The van der Waals surface area contributed by atoms with E-state index in [0.29, 0.717) is 6.07 Å². The van der Waals surface area contributed by atoms with Crippen molar-refractivity contribution >= 4 is 17.9 Å². The number of hydrogen-bond donors (Lipinski definition) is 0. The average Bonchev–Trinajstić information content (AvgIpc) is 2.18. The smallest absolute Gasteiger partial charge is 0.402 e. The van der Waals surface area contributed by atoms with E-state index in [9.17, 15) is 26.7 Å². The van der Waals surface area contributed by atoms with E-state index in [1.807, 2.05) is 0 Å². The van der Waals surface area contributed by atoms with Gasteiger partial charge in [-0.15, -0.1) is 13.2 Å². The minimum atomic E-state index is -5.18. The predicted octanol–water partition coefficient (Wildman–Crippen LogP) is 3.38. The van der Waals surface area contributed by atoms with Gasteiger partial charge in [0.1, 0.15) is 5.69 Å². The second-order valence-corrected chi connectivity index (χ2v) is 3.08. The van der Waals surface area contributed by atoms with E-state index in [1.54, 1.807) is 0 Å². The Morgan fingerprint density at radius 3 is 2.41 bits per heavy atom. The zero-order valence-corrected chi connectivity index (χ0v) is 8.52. The Kier molecular flexibility index (Phi) is 3.87. The molecule has 3 nitrogen and oxygen atoms in total. The maximum atomic E-state index is 12.4. The van der Waals surface area contributed by atoms with E-state index in [0.717, 1.165) is 0 Å². The molecule has 0 aliphatic carbocycles. The van der Waals surface area contributed by atoms with Crippen LogP contribution in [0.25, 0.3) is 0 Å². The Morgan fingerprint density at radius 1 is 1.41 bits per heavy atom. The number of pyridine rings is 1. The highest BCUT2D eigenvalue weighted by atomic mass is 35.5. The fraction of sp³-hybridized carbons (Fsp3) is 0.250. The summed E-state index contributed by atoms with van der Waals surface area (Å²) in [7, 11) is 0. The fourth-order valence-corrected chi connectivity index (χ4v) is 1.22. The quantitative estimate of drug-likeness (QED) is 0.482. The van der Waals surface area contributed by atoms with Gasteiger partial charge in [-0.25, -0.2) is 13.8 Å². The molecule has 0 amide bonds. The van der Waals surface area contributed by atoms with Crippen LogP contribution in [-0.2, 0) is 0 Å². The van der Waals surface area contributed by atoms with Gasteiger partial charge in [-0.2, -0.15) is 0 Å². The Labute approximate surface area is 96.2 Å². The van der Waals surface area contributed by atoms with Gasteiger partial charge in [0.05, 0.1) is 5.56 Å². The first-order valence-corrected chi connectivity index (χ1v) is 4.32. The molecule has 0 radical (unpaired) electrons. The lowest BCUT2D eigenvalue weighted by Crippen LogP contribution is -2.19. The topological polar surface area (TPSA) is 39.2 Å². The van der Waals surface area contributed by atoms with Gasteiger partial charge in [-0.3, -0.25) is 4.79 Å². The number of alkyl halides is 5. The summed E-state index contributed by atoms with van der Waals surface area (Å²) in [5.74, 6) is -1.31. The van der Waals surface area contributed by atoms with Crippen LogP contribution in [0.15, 0.2) is 6.07 Å². The number of nitrogens with zero attached hydrogens (tertiary/aromatic N) is 1. The van der Waals surface area contributed by atoms with Crippen LogP contribution in [-0.4, -0.2) is 17.6 Å². The van der Waals surface area contributed by atoms with Crippen molar-refractivity contribution in [3.05, 3.63) is 22.5 Å². The molecule has 0 aliphatic rings. The fourth-order valence-electron chi connectivity index (χ4n) is 0.980. The molecule has 94 valence electrons. The van der Waals surface area contributed by atoms with E-state index in [-0.39, 0.29) is 6.29 Å². The lowest BCUT2D eigenvalue weighted by atomic mass is 10.2. The van der Waals surface area contributed by atoms with Crippen molar-refractivity contribution in [2.45, 2.75) is 12.8 Å². The summed E-state index contributed by atoms with van der Waals surface area (Å²) in [6, 6.07) is 0.477. The van der Waals surface area contributed by atoms with E-state index < -0.39 is 34.9 Å². The SMILES string of the molecule is O=Cc1cc(C(F)F)c(OC(F)(F)F)c(Cl)n1. The van der Waals surface area contributed by atoms with E-state index in [1.165, 1.54) is 0 Å². The number of ether oxygens (including phenoxy) is 1. The van der Waals surface area contributed by atoms with Crippen LogP contribution in [0.2, 0.25) is 5.15 Å². The summed E-state index contributed by atoms with van der Waals surface area (Å²) in [6.07, 6.45) is -8.39. The van der Waals surface area contributed by atoms with Crippen LogP contribution < -0.4 is 4.74 Å². The van der Waals surface area contributed by atoms with Gasteiger partial charge in [0, 0.05) is 0 Å². The molecule has 0 spiro atoms. The first-order chi connectivity index (χ1) is 7.74. The monoisotopic (exact) mass is 275 g/mol. The van der Waals surface area contributed by atoms with Gasteiger partial charge in [-0.1, -0.05) is 11.6 Å². The maximum Gasteiger partial charge on any atom is 0.573 e. The second-order valence-electron chi connectivity index (χ2n) is 2.72. The van der Waals surface area contributed by atoms with Crippen molar-refractivity contribution in [3.8, 4) is 5.75 Å². The molecule has 1 rings (SSSR count). The standard InChI is InChI=1S/C8H3ClF5NO2/c9-6-5(17-8(12,13)14)4(7(10)11)1-3(2-16)15-6/h1-2,7H. The van der Waals surface area contributed by atoms with E-state index in [2.05, 4.69) is 9.72 Å². The number of aldehydes is 1. The Balaban J connectivity index is 3.31. The van der Waals surface area contributed by atoms with Crippen molar-refractivity contribution in [2.24, 2.45) is 0 Å². The van der Waals surface area contributed by atoms with Crippen LogP contribution in [0.1, 0.15) is 22.5 Å². The van der Waals surface area contributed by atoms with Crippen LogP contribution >= 0.6 is 11.6 Å². The molecule has 0 bridgehead atoms. The minimum absolute atomic E-state index is 0.0785. The number of aromatic nitrogens is 1. The molecule has 1 aromatic rings. The summed E-state index contributed by atoms with van der Waals surface area (Å²) >= 11 is 5.24. The molecule has 9 heteroatoms. The van der Waals surface area contributed by atoms with E-state index in [4.69, 9.17) is 11.6 Å². The van der Waals surface area contributed by atoms with Crippen LogP contribution in [0.3, 0.4) is 0 Å². The highest BCUT2D eigenvalue weighted by Crippen LogP contribution is 2.37. The second kappa shape index (κ2) is 4.82. The van der Waals surface area contributed by atoms with Gasteiger partial charge in [0.25, 0.3) is 6.43 Å². The van der Waals surface area contributed by atoms with Gasteiger partial charge in [0.15, 0.2) is 17.2 Å². The largest absolute Gasteiger partial charge is 0.573 e. The summed E-state index contributed by atoms with van der Waals surface area (Å²) in [5, 5.41) is -0.956. The molecule has 0 saturated carbocycles. The molecule has 0 aromatic carbocycles. The number of rotatable bonds is 3. The molecular weight excluding hydrogens is 273 g/mol. The summed E-state index contributed by atoms with van der Waals surface area (Å²) in [6.45, 7) is 0. The van der Waals surface area contributed by atoms with E-state index >= 15 is 0 Å². The lowest BCUT2D eigenvalue weighted by Gasteiger charge is -2.14. The van der Waals surface area contributed by atoms with Crippen LogP contribution in [0, 0.1) is 0 Å². The first-order valence-electron chi connectivity index (χ1n) is 3.94. The van der Waals surface area contributed by atoms with Crippen molar-refractivity contribution in [1.29, 1.82) is 0 Å². The van der Waals surface area contributed by atoms with Crippen LogP contribution in [0.4, 0.5) is 22.0 Å². The molecule has 0 aliphatic heterocycles. The molecule has 1 aromatic heterocycles. The summed E-state index contributed by atoms with van der Waals surface area (Å²) < 4.78 is 64.0. The Morgan fingerprint density at radius 2 is 2.00 bits per heavy atom. The van der Waals surface area contributed by atoms with Gasteiger partial charge in [-0.05, 0) is 6.07 Å². The molecule has 0 fully saturated rings. The van der Waals surface area contributed by atoms with Crippen molar-refractivity contribution in [1.82, 2.24) is 4.98 Å². The number of halogens is 6. The minimum Gasteiger partial charge on any atom is -0.402 e. The molecule has 0 unspecified atom stereocenters. The summed E-state index contributed by atoms with van der Waals surface area (Å²) in [4.78, 5) is 13.5. The third kappa shape index (κ3) is 3.52. The van der Waals surface area contributed by atoms with Crippen molar-refractivity contribution in [2.75, 3.05) is 0 Å². The van der Waals surface area contributed by atoms with Crippen molar-refractivity contribution < 1.29 is 31.5 Å². The predicted molar refractivity (Wildman–Crippen MR) is 46.3 cm³/mol. The summed E-state index contributed by atoms with van der Waals surface area (Å²) in [5.41, 5.74) is -1.66. The Bertz CT molecular complexity index is 435.